The van der Waals surface area contributed by atoms with Gasteiger partial charge < -0.3 is 14.2 Å². The molecule has 0 N–H and O–H groups in total. The maximum absolute atomic E-state index is 12.7. The first-order valence-corrected chi connectivity index (χ1v) is 10.1. The molecule has 28 heavy (non-hydrogen) atoms. The molecule has 1 saturated heterocycles. The minimum absolute atomic E-state index is 0.0115. The highest BCUT2D eigenvalue weighted by Gasteiger charge is 2.29. The molecule has 1 heterocycles. The number of hydrogen-bond donors (Lipinski definition) is 0. The molecule has 150 valence electrons. The summed E-state index contributed by atoms with van der Waals surface area (Å²) in [6.45, 7) is 1.28. The lowest BCUT2D eigenvalue weighted by Crippen LogP contribution is -2.40. The minimum Gasteiger partial charge on any atom is -0.490 e. The van der Waals surface area contributed by atoms with Gasteiger partial charge in [-0.25, -0.2) is 8.42 Å². The van der Waals surface area contributed by atoms with E-state index in [0.717, 1.165) is 6.07 Å². The van der Waals surface area contributed by atoms with Gasteiger partial charge in [-0.3, -0.25) is 10.1 Å². The van der Waals surface area contributed by atoms with Crippen LogP contribution in [0.2, 0.25) is 0 Å². The van der Waals surface area contributed by atoms with Crippen molar-refractivity contribution in [1.29, 1.82) is 0 Å². The van der Waals surface area contributed by atoms with Crippen LogP contribution >= 0.6 is 0 Å². The van der Waals surface area contributed by atoms with Gasteiger partial charge in [0.15, 0.2) is 5.75 Å². The summed E-state index contributed by atoms with van der Waals surface area (Å²) < 4.78 is 42.7. The molecule has 1 aliphatic heterocycles. The van der Waals surface area contributed by atoms with Gasteiger partial charge in [0, 0.05) is 19.2 Å². The third-order valence-corrected chi connectivity index (χ3v) is 5.98. The Kier molecular flexibility index (Phi) is 6.45. The second kappa shape index (κ2) is 9.00. The Hall–Kier alpha value is -2.69. The van der Waals surface area contributed by atoms with Gasteiger partial charge in [-0.15, -0.1) is 0 Å². The summed E-state index contributed by atoms with van der Waals surface area (Å²) in [5.74, 6) is 0.648. The van der Waals surface area contributed by atoms with Crippen molar-refractivity contribution in [2.75, 3.05) is 39.5 Å². The maximum atomic E-state index is 12.7. The van der Waals surface area contributed by atoms with Crippen LogP contribution in [-0.4, -0.2) is 57.2 Å². The number of ether oxygens (including phenoxy) is 3. The molecular weight excluding hydrogens is 388 g/mol. The molecular formula is C18H20N2O7S. The van der Waals surface area contributed by atoms with Crippen LogP contribution in [0.25, 0.3) is 0 Å². The Morgan fingerprint density at radius 2 is 1.71 bits per heavy atom. The zero-order valence-electron chi connectivity index (χ0n) is 15.0. The van der Waals surface area contributed by atoms with Gasteiger partial charge in [0.1, 0.15) is 19.0 Å². The molecule has 0 atom stereocenters. The largest absolute Gasteiger partial charge is 0.490 e. The molecule has 10 heteroatoms. The summed E-state index contributed by atoms with van der Waals surface area (Å²) in [7, 11) is -3.83. The lowest BCUT2D eigenvalue weighted by molar-refractivity contribution is -0.386. The van der Waals surface area contributed by atoms with Crippen LogP contribution < -0.4 is 9.47 Å². The third kappa shape index (κ3) is 4.77. The second-order valence-electron chi connectivity index (χ2n) is 5.91. The van der Waals surface area contributed by atoms with Crippen LogP contribution in [0.3, 0.4) is 0 Å². The standard InChI is InChI=1S/C18H20N2O7S/c21-20(22)17-14-16(28(23,24)19-8-10-25-11-9-19)6-7-18(17)27-13-12-26-15-4-2-1-3-5-15/h1-7,14H,8-13H2. The van der Waals surface area contributed by atoms with Gasteiger partial charge >= 0.3 is 5.69 Å². The first-order valence-electron chi connectivity index (χ1n) is 8.65. The average Bonchev–Trinajstić information content (AvgIpc) is 2.72. The van der Waals surface area contributed by atoms with Crippen LogP contribution in [0.5, 0.6) is 11.5 Å². The Balaban J connectivity index is 1.69. The van der Waals surface area contributed by atoms with E-state index >= 15 is 0 Å². The normalized spacial score (nSPS) is 15.1. The number of nitro benzene ring substituents is 1. The molecule has 0 amide bonds. The predicted octanol–water partition coefficient (Wildman–Crippen LogP) is 2.07. The highest BCUT2D eigenvalue weighted by Crippen LogP contribution is 2.31. The molecule has 0 unspecified atom stereocenters. The van der Waals surface area contributed by atoms with E-state index in [9.17, 15) is 18.5 Å². The number of morpholine rings is 1. The van der Waals surface area contributed by atoms with E-state index in [4.69, 9.17) is 14.2 Å². The molecule has 3 rings (SSSR count). The van der Waals surface area contributed by atoms with Gasteiger partial charge in [-0.1, -0.05) is 18.2 Å². The van der Waals surface area contributed by atoms with Crippen LogP contribution in [0.1, 0.15) is 0 Å². The van der Waals surface area contributed by atoms with Crippen LogP contribution in [-0.2, 0) is 14.8 Å². The van der Waals surface area contributed by atoms with E-state index in [1.54, 1.807) is 12.1 Å². The molecule has 9 nitrogen and oxygen atoms in total. The zero-order valence-corrected chi connectivity index (χ0v) is 15.8. The van der Waals surface area contributed by atoms with Gasteiger partial charge in [0.05, 0.1) is 23.0 Å². The monoisotopic (exact) mass is 408 g/mol. The van der Waals surface area contributed by atoms with Gasteiger partial charge in [0.2, 0.25) is 10.0 Å². The number of sulfonamides is 1. The molecule has 2 aromatic rings. The van der Waals surface area contributed by atoms with Crippen molar-refractivity contribution < 1.29 is 27.6 Å². The predicted molar refractivity (Wildman–Crippen MR) is 100 cm³/mol. The average molecular weight is 408 g/mol. The molecule has 0 aliphatic carbocycles. The van der Waals surface area contributed by atoms with E-state index in [-0.39, 0.29) is 36.9 Å². The van der Waals surface area contributed by atoms with Crippen molar-refractivity contribution in [3.63, 3.8) is 0 Å². The van der Waals surface area contributed by atoms with E-state index < -0.39 is 20.6 Å². The molecule has 0 aromatic heterocycles. The topological polar surface area (TPSA) is 108 Å². The molecule has 0 bridgehead atoms. The number of rotatable bonds is 8. The van der Waals surface area contributed by atoms with Crippen molar-refractivity contribution in [2.24, 2.45) is 0 Å². The third-order valence-electron chi connectivity index (χ3n) is 4.09. The summed E-state index contributed by atoms with van der Waals surface area (Å²) >= 11 is 0. The number of benzene rings is 2. The van der Waals surface area contributed by atoms with E-state index in [1.807, 2.05) is 18.2 Å². The summed E-state index contributed by atoms with van der Waals surface area (Å²) in [6, 6.07) is 12.7. The summed E-state index contributed by atoms with van der Waals surface area (Å²) in [5.41, 5.74) is -0.408. The van der Waals surface area contributed by atoms with E-state index in [1.165, 1.54) is 16.4 Å². The Morgan fingerprint density at radius 1 is 1.04 bits per heavy atom. The van der Waals surface area contributed by atoms with Gasteiger partial charge in [-0.05, 0) is 24.3 Å². The van der Waals surface area contributed by atoms with Crippen LogP contribution in [0, 0.1) is 10.1 Å². The Labute approximate surface area is 162 Å². The molecule has 1 aliphatic rings. The smallest absolute Gasteiger partial charge is 0.312 e. The lowest BCUT2D eigenvalue weighted by Gasteiger charge is -2.26. The van der Waals surface area contributed by atoms with E-state index in [0.29, 0.717) is 19.0 Å². The van der Waals surface area contributed by atoms with Crippen molar-refractivity contribution in [2.45, 2.75) is 4.90 Å². The maximum Gasteiger partial charge on any atom is 0.312 e. The first kappa shape index (κ1) is 20.1. The number of para-hydroxylation sites is 1. The van der Waals surface area contributed by atoms with Gasteiger partial charge in [-0.2, -0.15) is 4.31 Å². The Morgan fingerprint density at radius 3 is 2.39 bits per heavy atom. The minimum atomic E-state index is -3.83. The summed E-state index contributed by atoms with van der Waals surface area (Å²) in [5, 5.41) is 11.4. The van der Waals surface area contributed by atoms with Crippen LogP contribution in [0.15, 0.2) is 53.4 Å². The first-order chi connectivity index (χ1) is 13.5. The quantitative estimate of drug-likeness (QED) is 0.374. The highest BCUT2D eigenvalue weighted by molar-refractivity contribution is 7.89. The fourth-order valence-corrected chi connectivity index (χ4v) is 4.11. The van der Waals surface area contributed by atoms with Crippen molar-refractivity contribution in [3.05, 3.63) is 58.6 Å². The number of nitrogens with zero attached hydrogens (tertiary/aromatic N) is 2. The van der Waals surface area contributed by atoms with Crippen molar-refractivity contribution in [3.8, 4) is 11.5 Å². The SMILES string of the molecule is O=[N+]([O-])c1cc(S(=O)(=O)N2CCOCC2)ccc1OCCOc1ccccc1. The van der Waals surface area contributed by atoms with Crippen LogP contribution in [0.4, 0.5) is 5.69 Å². The molecule has 0 radical (unpaired) electrons. The Bertz CT molecular complexity index is 913. The molecule has 0 saturated carbocycles. The molecule has 0 spiro atoms. The van der Waals surface area contributed by atoms with Crippen molar-refractivity contribution in [1.82, 2.24) is 4.31 Å². The van der Waals surface area contributed by atoms with E-state index in [2.05, 4.69) is 0 Å². The molecule has 1 fully saturated rings. The highest BCUT2D eigenvalue weighted by atomic mass is 32.2. The summed E-state index contributed by atoms with van der Waals surface area (Å²) in [4.78, 5) is 10.6. The zero-order chi connectivity index (χ0) is 20.0. The van der Waals surface area contributed by atoms with Crippen molar-refractivity contribution >= 4 is 15.7 Å². The number of nitro groups is 1. The summed E-state index contributed by atoms with van der Waals surface area (Å²) in [6.07, 6.45) is 0. The number of hydrogen-bond acceptors (Lipinski definition) is 7. The fourth-order valence-electron chi connectivity index (χ4n) is 2.69. The lowest BCUT2D eigenvalue weighted by atomic mass is 10.3. The fraction of sp³-hybridized carbons (Fsp3) is 0.333. The van der Waals surface area contributed by atoms with Gasteiger partial charge in [0.25, 0.3) is 0 Å². The second-order valence-corrected chi connectivity index (χ2v) is 7.85. The molecule has 2 aromatic carbocycles.